The van der Waals surface area contributed by atoms with Gasteiger partial charge in [0.25, 0.3) is 0 Å². The zero-order valence-corrected chi connectivity index (χ0v) is 12.1. The molecule has 0 radical (unpaired) electrons. The highest BCUT2D eigenvalue weighted by atomic mass is 16.4. The predicted octanol–water partition coefficient (Wildman–Crippen LogP) is 3.16. The third-order valence-electron chi connectivity index (χ3n) is 3.78. The number of urea groups is 1. The van der Waals surface area contributed by atoms with Crippen LogP contribution in [0.25, 0.3) is 0 Å². The van der Waals surface area contributed by atoms with Crippen LogP contribution >= 0.6 is 0 Å². The average Bonchev–Trinajstić information content (AvgIpc) is 2.47. The molecule has 114 valence electrons. The van der Waals surface area contributed by atoms with Crippen LogP contribution in [0.15, 0.2) is 24.3 Å². The zero-order valence-electron chi connectivity index (χ0n) is 12.1. The lowest BCUT2D eigenvalue weighted by Gasteiger charge is -2.22. The number of aliphatic carboxylic acids is 1. The predicted molar refractivity (Wildman–Crippen MR) is 81.4 cm³/mol. The number of aryl methyl sites for hydroxylation is 1. The van der Waals surface area contributed by atoms with Gasteiger partial charge in [-0.1, -0.05) is 31.4 Å². The van der Waals surface area contributed by atoms with Crippen molar-refractivity contribution in [3.8, 4) is 0 Å². The molecule has 1 aromatic carbocycles. The Bertz CT molecular complexity index is 479. The maximum Gasteiger partial charge on any atom is 0.319 e. The van der Waals surface area contributed by atoms with Gasteiger partial charge in [-0.05, 0) is 37.0 Å². The van der Waals surface area contributed by atoms with Crippen LogP contribution in [-0.4, -0.2) is 23.1 Å². The molecule has 0 spiro atoms. The van der Waals surface area contributed by atoms with E-state index in [1.165, 1.54) is 19.3 Å². The molecule has 1 aliphatic rings. The van der Waals surface area contributed by atoms with Crippen molar-refractivity contribution in [2.75, 3.05) is 5.32 Å². The van der Waals surface area contributed by atoms with Gasteiger partial charge >= 0.3 is 12.0 Å². The maximum atomic E-state index is 11.9. The highest BCUT2D eigenvalue weighted by Gasteiger charge is 2.15. The summed E-state index contributed by atoms with van der Waals surface area (Å²) in [4.78, 5) is 22.4. The molecule has 0 aromatic heterocycles. The Morgan fingerprint density at radius 2 is 1.76 bits per heavy atom. The molecule has 0 saturated heterocycles. The third-order valence-corrected chi connectivity index (χ3v) is 3.78. The van der Waals surface area contributed by atoms with Crippen molar-refractivity contribution in [1.29, 1.82) is 0 Å². The molecule has 1 fully saturated rings. The molecule has 1 saturated carbocycles. The normalized spacial score (nSPS) is 15.4. The first-order chi connectivity index (χ1) is 10.1. The topological polar surface area (TPSA) is 78.4 Å². The lowest BCUT2D eigenvalue weighted by Crippen LogP contribution is -2.38. The summed E-state index contributed by atoms with van der Waals surface area (Å²) in [6, 6.07) is 7.42. The molecule has 0 atom stereocenters. The second-order valence-electron chi connectivity index (χ2n) is 5.52. The van der Waals surface area contributed by atoms with Crippen molar-refractivity contribution < 1.29 is 14.7 Å². The molecule has 2 rings (SSSR count). The average molecular weight is 290 g/mol. The van der Waals surface area contributed by atoms with Crippen LogP contribution in [0.4, 0.5) is 10.5 Å². The number of hydrogen-bond acceptors (Lipinski definition) is 2. The van der Waals surface area contributed by atoms with E-state index >= 15 is 0 Å². The Kier molecular flexibility index (Phi) is 5.60. The Hall–Kier alpha value is -2.04. The monoisotopic (exact) mass is 290 g/mol. The second-order valence-corrected chi connectivity index (χ2v) is 5.52. The number of nitrogens with one attached hydrogen (secondary N) is 2. The first kappa shape index (κ1) is 15.4. The van der Waals surface area contributed by atoms with E-state index in [4.69, 9.17) is 5.11 Å². The van der Waals surface area contributed by atoms with Crippen molar-refractivity contribution >= 4 is 17.7 Å². The molecule has 0 unspecified atom stereocenters. The summed E-state index contributed by atoms with van der Waals surface area (Å²) in [5.41, 5.74) is 1.68. The van der Waals surface area contributed by atoms with Crippen molar-refractivity contribution in [1.82, 2.24) is 5.32 Å². The highest BCUT2D eigenvalue weighted by molar-refractivity contribution is 5.89. The zero-order chi connectivity index (χ0) is 15.1. The molecule has 0 aliphatic heterocycles. The summed E-state index contributed by atoms with van der Waals surface area (Å²) < 4.78 is 0. The van der Waals surface area contributed by atoms with Gasteiger partial charge in [0.05, 0.1) is 0 Å². The van der Waals surface area contributed by atoms with Crippen LogP contribution in [0.1, 0.15) is 44.1 Å². The lowest BCUT2D eigenvalue weighted by atomic mass is 9.96. The molecule has 5 heteroatoms. The molecule has 1 aliphatic carbocycles. The number of amides is 2. The number of carboxylic acids is 1. The Morgan fingerprint density at radius 3 is 2.38 bits per heavy atom. The van der Waals surface area contributed by atoms with Crippen LogP contribution in [0.3, 0.4) is 0 Å². The van der Waals surface area contributed by atoms with Gasteiger partial charge in [-0.3, -0.25) is 4.79 Å². The molecule has 2 amide bonds. The number of anilines is 1. The smallest absolute Gasteiger partial charge is 0.319 e. The summed E-state index contributed by atoms with van der Waals surface area (Å²) in [5.74, 6) is -0.802. The molecular weight excluding hydrogens is 268 g/mol. The molecule has 5 nitrogen and oxygen atoms in total. The molecule has 0 bridgehead atoms. The summed E-state index contributed by atoms with van der Waals surface area (Å²) in [6.07, 6.45) is 6.37. The number of carbonyl (C=O) groups is 2. The largest absolute Gasteiger partial charge is 0.481 e. The Labute approximate surface area is 124 Å². The van der Waals surface area contributed by atoms with Crippen LogP contribution in [-0.2, 0) is 11.2 Å². The van der Waals surface area contributed by atoms with E-state index in [1.807, 2.05) is 12.1 Å². The van der Waals surface area contributed by atoms with Gasteiger partial charge in [0.1, 0.15) is 0 Å². The van der Waals surface area contributed by atoms with Crippen molar-refractivity contribution in [2.45, 2.75) is 51.0 Å². The maximum absolute atomic E-state index is 11.9. The number of hydrogen-bond donors (Lipinski definition) is 3. The fourth-order valence-corrected chi connectivity index (χ4v) is 2.61. The third kappa shape index (κ3) is 5.45. The first-order valence-electron chi connectivity index (χ1n) is 7.52. The van der Waals surface area contributed by atoms with Crippen LogP contribution < -0.4 is 10.6 Å². The van der Waals surface area contributed by atoms with Gasteiger partial charge in [-0.25, -0.2) is 4.79 Å². The Morgan fingerprint density at radius 1 is 1.10 bits per heavy atom. The number of carbonyl (C=O) groups excluding carboxylic acids is 1. The van der Waals surface area contributed by atoms with Gasteiger partial charge in [0.15, 0.2) is 0 Å². The first-order valence-corrected chi connectivity index (χ1v) is 7.52. The molecule has 0 heterocycles. The summed E-state index contributed by atoms with van der Waals surface area (Å²) >= 11 is 0. The molecule has 3 N–H and O–H groups in total. The van der Waals surface area contributed by atoms with Crippen LogP contribution in [0.5, 0.6) is 0 Å². The lowest BCUT2D eigenvalue weighted by molar-refractivity contribution is -0.136. The summed E-state index contributed by atoms with van der Waals surface area (Å²) in [5, 5.41) is 14.4. The van der Waals surface area contributed by atoms with Gasteiger partial charge in [-0.15, -0.1) is 0 Å². The number of carboxylic acid groups (broad SMARTS) is 1. The fourth-order valence-electron chi connectivity index (χ4n) is 2.61. The van der Waals surface area contributed by atoms with E-state index in [1.54, 1.807) is 12.1 Å². The van der Waals surface area contributed by atoms with Gasteiger partial charge in [0, 0.05) is 18.2 Å². The minimum absolute atomic E-state index is 0.120. The van der Waals surface area contributed by atoms with Crippen molar-refractivity contribution in [3.63, 3.8) is 0 Å². The number of rotatable bonds is 5. The SMILES string of the molecule is O=C(O)CCc1ccc(NC(=O)NC2CCCCC2)cc1. The van der Waals surface area contributed by atoms with E-state index in [0.717, 1.165) is 24.1 Å². The van der Waals surface area contributed by atoms with Crippen LogP contribution in [0, 0.1) is 0 Å². The van der Waals surface area contributed by atoms with Gasteiger partial charge in [-0.2, -0.15) is 0 Å². The minimum atomic E-state index is -0.802. The summed E-state index contributed by atoms with van der Waals surface area (Å²) in [7, 11) is 0. The van der Waals surface area contributed by atoms with Crippen molar-refractivity contribution in [2.24, 2.45) is 0 Å². The number of benzene rings is 1. The second kappa shape index (κ2) is 7.67. The summed E-state index contributed by atoms with van der Waals surface area (Å²) in [6.45, 7) is 0. The van der Waals surface area contributed by atoms with Crippen LogP contribution in [0.2, 0.25) is 0 Å². The minimum Gasteiger partial charge on any atom is -0.481 e. The quantitative estimate of drug-likeness (QED) is 0.779. The van der Waals surface area contributed by atoms with Crippen molar-refractivity contribution in [3.05, 3.63) is 29.8 Å². The molecule has 21 heavy (non-hydrogen) atoms. The van der Waals surface area contributed by atoms with E-state index in [9.17, 15) is 9.59 Å². The molecular formula is C16H22N2O3. The highest BCUT2D eigenvalue weighted by Crippen LogP contribution is 2.17. The van der Waals surface area contributed by atoms with E-state index < -0.39 is 5.97 Å². The van der Waals surface area contributed by atoms with Gasteiger partial charge in [0.2, 0.25) is 0 Å². The standard InChI is InChI=1S/C16H22N2O3/c19-15(20)11-8-12-6-9-14(10-7-12)18-16(21)17-13-4-2-1-3-5-13/h6-7,9-10,13H,1-5,8,11H2,(H,19,20)(H2,17,18,21). The fraction of sp³-hybridized carbons (Fsp3) is 0.500. The van der Waals surface area contributed by atoms with E-state index in [-0.39, 0.29) is 18.5 Å². The van der Waals surface area contributed by atoms with E-state index in [0.29, 0.717) is 6.42 Å². The Balaban J connectivity index is 1.79. The van der Waals surface area contributed by atoms with Gasteiger partial charge < -0.3 is 15.7 Å². The molecule has 1 aromatic rings. The van der Waals surface area contributed by atoms with E-state index in [2.05, 4.69) is 10.6 Å².